The highest BCUT2D eigenvalue weighted by Gasteiger charge is 2.16. The van der Waals surface area contributed by atoms with Crippen LogP contribution in [0, 0.1) is 0 Å². The summed E-state index contributed by atoms with van der Waals surface area (Å²) in [5.41, 5.74) is 1.47. The van der Waals surface area contributed by atoms with Gasteiger partial charge in [0.1, 0.15) is 23.0 Å². The molecular weight excluding hydrogens is 889 g/mol. The van der Waals surface area contributed by atoms with Crippen LogP contribution in [0.2, 0.25) is 0 Å². The van der Waals surface area contributed by atoms with Crippen LogP contribution in [0.4, 0.5) is 0 Å². The molecule has 0 spiro atoms. The van der Waals surface area contributed by atoms with E-state index in [1.807, 2.05) is 24.3 Å². The minimum Gasteiger partial charge on any atom is -0.494 e. The van der Waals surface area contributed by atoms with E-state index in [-0.39, 0.29) is 21.4 Å². The molecule has 0 heterocycles. The number of carbonyl (C=O) groups excluding carboxylic acids is 4. The number of thioether (sulfide) groups is 2. The number of esters is 2. The second kappa shape index (κ2) is 31.7. The van der Waals surface area contributed by atoms with Gasteiger partial charge in [0.2, 0.25) is 10.2 Å². The van der Waals surface area contributed by atoms with E-state index in [1.54, 1.807) is 91.0 Å². The largest absolute Gasteiger partial charge is 0.494 e. The molecule has 10 heteroatoms. The third-order valence-electron chi connectivity index (χ3n) is 11.5. The fraction of sp³-hybridized carbons (Fsp3) is 0.414. The predicted octanol–water partition coefficient (Wildman–Crippen LogP) is 16.6. The molecule has 0 unspecified atom stereocenters. The summed E-state index contributed by atoms with van der Waals surface area (Å²) in [5.74, 6) is 0.796. The third-order valence-corrected chi connectivity index (χ3v) is 13.4. The Morgan fingerprint density at radius 2 is 0.662 bits per heavy atom. The smallest absolute Gasteiger partial charge is 0.343 e. The van der Waals surface area contributed by atoms with Crippen molar-refractivity contribution in [2.45, 2.75) is 152 Å². The second-order valence-corrected chi connectivity index (χ2v) is 19.3. The van der Waals surface area contributed by atoms with Gasteiger partial charge in [-0.25, -0.2) is 9.59 Å². The third kappa shape index (κ3) is 20.5. The molecule has 0 bridgehead atoms. The summed E-state index contributed by atoms with van der Waals surface area (Å²) in [6, 6.07) is 33.9. The van der Waals surface area contributed by atoms with Gasteiger partial charge >= 0.3 is 11.9 Å². The zero-order chi connectivity index (χ0) is 48.0. The lowest BCUT2D eigenvalue weighted by atomic mass is 10.1. The van der Waals surface area contributed by atoms with Crippen molar-refractivity contribution in [3.63, 3.8) is 0 Å². The summed E-state index contributed by atoms with van der Waals surface area (Å²) >= 11 is 2.17. The molecule has 0 aromatic heterocycles. The van der Waals surface area contributed by atoms with Gasteiger partial charge in [0.15, 0.2) is 0 Å². The minimum absolute atomic E-state index is 0.109. The van der Waals surface area contributed by atoms with Gasteiger partial charge < -0.3 is 18.9 Å². The van der Waals surface area contributed by atoms with E-state index in [4.69, 9.17) is 18.9 Å². The van der Waals surface area contributed by atoms with Gasteiger partial charge in [-0.05, 0) is 152 Å². The van der Waals surface area contributed by atoms with Crippen molar-refractivity contribution in [3.05, 3.63) is 144 Å². The van der Waals surface area contributed by atoms with Crippen molar-refractivity contribution < 1.29 is 38.1 Å². The molecule has 0 aliphatic rings. The Balaban J connectivity index is 0.974. The van der Waals surface area contributed by atoms with Crippen molar-refractivity contribution >= 4 is 45.7 Å². The average molecular weight is 959 g/mol. The van der Waals surface area contributed by atoms with Crippen LogP contribution in [-0.4, -0.2) is 35.4 Å². The highest BCUT2D eigenvalue weighted by Crippen LogP contribution is 2.29. The second-order valence-electron chi connectivity index (χ2n) is 17.2. The first-order valence-electron chi connectivity index (χ1n) is 25.0. The number of carbonyl (C=O) groups is 4. The maximum absolute atomic E-state index is 13.1. The average Bonchev–Trinajstić information content (AvgIpc) is 3.36. The van der Waals surface area contributed by atoms with Gasteiger partial charge in [0, 0.05) is 20.9 Å². The molecule has 68 heavy (non-hydrogen) atoms. The molecule has 0 aliphatic heterocycles. The molecule has 8 nitrogen and oxygen atoms in total. The lowest BCUT2D eigenvalue weighted by Crippen LogP contribution is -2.12. The standard InChI is InChI=1S/C58H70O8S2/c1-3-5-7-9-11-13-15-17-19-21-42-63-49-30-26-45(27-31-49)57(61)67-53-38-34-51(35-39-53)65-55(59)47-24-23-25-48(44-47)56(60)66-52-36-40-54(41-37-52)68-58(62)46-28-32-50(33-29-46)64-43-22-20-18-16-14-12-10-8-6-4-2/h23-41,44H,3-22,42-43H2,1-2H3. The molecule has 0 N–H and O–H groups in total. The molecule has 5 aromatic rings. The maximum Gasteiger partial charge on any atom is 0.343 e. The van der Waals surface area contributed by atoms with Crippen molar-refractivity contribution in [2.75, 3.05) is 13.2 Å². The Hall–Kier alpha value is -5.32. The number of hydrogen-bond donors (Lipinski definition) is 0. The Morgan fingerprint density at radius 3 is 1.00 bits per heavy atom. The number of unbranched alkanes of at least 4 members (excludes halogenated alkanes) is 18. The van der Waals surface area contributed by atoms with Crippen LogP contribution in [0.1, 0.15) is 184 Å². The van der Waals surface area contributed by atoms with Crippen LogP contribution in [0.5, 0.6) is 23.0 Å². The first-order chi connectivity index (χ1) is 33.3. The Morgan fingerprint density at radius 1 is 0.353 bits per heavy atom. The van der Waals surface area contributed by atoms with Gasteiger partial charge in [-0.1, -0.05) is 135 Å². The predicted molar refractivity (Wildman–Crippen MR) is 277 cm³/mol. The summed E-state index contributed by atoms with van der Waals surface area (Å²) in [6.07, 6.45) is 25.5. The van der Waals surface area contributed by atoms with E-state index in [1.165, 1.54) is 122 Å². The van der Waals surface area contributed by atoms with Gasteiger partial charge in [-0.2, -0.15) is 0 Å². The number of benzene rings is 5. The summed E-state index contributed by atoms with van der Waals surface area (Å²) in [5, 5.41) is -0.219. The van der Waals surface area contributed by atoms with Crippen molar-refractivity contribution in [2.24, 2.45) is 0 Å². The van der Waals surface area contributed by atoms with Crippen LogP contribution in [0.25, 0.3) is 0 Å². The van der Waals surface area contributed by atoms with Crippen molar-refractivity contribution in [3.8, 4) is 23.0 Å². The highest BCUT2D eigenvalue weighted by atomic mass is 32.2. The minimum atomic E-state index is -0.649. The van der Waals surface area contributed by atoms with Crippen LogP contribution in [0.15, 0.2) is 131 Å². The molecule has 0 fully saturated rings. The van der Waals surface area contributed by atoms with Gasteiger partial charge in [-0.3, -0.25) is 9.59 Å². The topological polar surface area (TPSA) is 105 Å². The van der Waals surface area contributed by atoms with Crippen LogP contribution >= 0.6 is 23.5 Å². The maximum atomic E-state index is 13.1. The van der Waals surface area contributed by atoms with Crippen molar-refractivity contribution in [1.29, 1.82) is 0 Å². The first kappa shape index (κ1) is 53.6. The zero-order valence-corrected chi connectivity index (χ0v) is 41.8. The fourth-order valence-corrected chi connectivity index (χ4v) is 9.00. The van der Waals surface area contributed by atoms with E-state index in [2.05, 4.69) is 13.8 Å². The van der Waals surface area contributed by atoms with E-state index in [0.717, 1.165) is 47.9 Å². The molecular formula is C58H70O8S2. The van der Waals surface area contributed by atoms with E-state index >= 15 is 0 Å². The Bertz CT molecular complexity index is 2080. The zero-order valence-electron chi connectivity index (χ0n) is 40.2. The van der Waals surface area contributed by atoms with E-state index in [9.17, 15) is 19.2 Å². The molecule has 0 radical (unpaired) electrons. The van der Waals surface area contributed by atoms with E-state index in [0.29, 0.717) is 45.6 Å². The number of ether oxygens (including phenoxy) is 4. The summed E-state index contributed by atoms with van der Waals surface area (Å²) in [7, 11) is 0. The van der Waals surface area contributed by atoms with Gasteiger partial charge in [0.25, 0.3) is 0 Å². The normalized spacial score (nSPS) is 11.0. The molecule has 0 saturated carbocycles. The number of rotatable bonds is 32. The molecule has 5 rings (SSSR count). The van der Waals surface area contributed by atoms with E-state index < -0.39 is 11.9 Å². The molecule has 0 saturated heterocycles. The molecule has 362 valence electrons. The molecule has 5 aromatic carbocycles. The highest BCUT2D eigenvalue weighted by molar-refractivity contribution is 8.14. The monoisotopic (exact) mass is 958 g/mol. The number of hydrogen-bond acceptors (Lipinski definition) is 10. The van der Waals surface area contributed by atoms with Crippen LogP contribution in [0.3, 0.4) is 0 Å². The fourth-order valence-electron chi connectivity index (χ4n) is 7.52. The molecule has 0 aliphatic carbocycles. The summed E-state index contributed by atoms with van der Waals surface area (Å²) in [6.45, 7) is 5.84. The lowest BCUT2D eigenvalue weighted by molar-refractivity contribution is 0.0734. The Labute approximate surface area is 413 Å². The first-order valence-corrected chi connectivity index (χ1v) is 26.6. The van der Waals surface area contributed by atoms with Crippen LogP contribution < -0.4 is 18.9 Å². The van der Waals surface area contributed by atoms with Crippen molar-refractivity contribution in [1.82, 2.24) is 0 Å². The summed E-state index contributed by atoms with van der Waals surface area (Å²) in [4.78, 5) is 53.5. The molecule has 0 atom stereocenters. The molecule has 0 amide bonds. The Kier molecular flexibility index (Phi) is 25.0. The summed E-state index contributed by atoms with van der Waals surface area (Å²) < 4.78 is 23.0. The lowest BCUT2D eigenvalue weighted by Gasteiger charge is -2.09. The SMILES string of the molecule is CCCCCCCCCCCCOc1ccc(C(=O)Sc2ccc(OC(=O)c3cccc(C(=O)Oc4ccc(SC(=O)c5ccc(OCCCCCCCCCCCC)cc5)cc4)c3)cc2)cc1. The quantitative estimate of drug-likeness (QED) is 0.0179. The van der Waals surface area contributed by atoms with Gasteiger partial charge in [-0.15, -0.1) is 0 Å². The van der Waals surface area contributed by atoms with Crippen LogP contribution in [-0.2, 0) is 0 Å². The van der Waals surface area contributed by atoms with Gasteiger partial charge in [0.05, 0.1) is 24.3 Å².